The molecule has 0 atom stereocenters. The first-order chi connectivity index (χ1) is 8.59. The second-order valence-corrected chi connectivity index (χ2v) is 5.87. The Kier molecular flexibility index (Phi) is 4.52. The average Bonchev–Trinajstić information content (AvgIpc) is 2.33. The van der Waals surface area contributed by atoms with Gasteiger partial charge in [0.25, 0.3) is 0 Å². The highest BCUT2D eigenvalue weighted by Gasteiger charge is 2.27. The zero-order valence-electron chi connectivity index (χ0n) is 11.0. The molecule has 18 heavy (non-hydrogen) atoms. The van der Waals surface area contributed by atoms with Crippen LogP contribution < -0.4 is 10.5 Å². The Hall–Kier alpha value is -0.730. The molecule has 0 spiro atoms. The zero-order valence-corrected chi connectivity index (χ0v) is 11.8. The third-order valence-electron chi connectivity index (χ3n) is 3.84. The molecule has 1 fully saturated rings. The maximum Gasteiger partial charge on any atom is 0.122 e. The number of aryl methyl sites for hydroxylation is 1. The molecule has 0 bridgehead atoms. The molecule has 2 N–H and O–H groups in total. The lowest BCUT2D eigenvalue weighted by atomic mass is 9.80. The van der Waals surface area contributed by atoms with Gasteiger partial charge in [-0.25, -0.2) is 0 Å². The summed E-state index contributed by atoms with van der Waals surface area (Å²) in [7, 11) is 0. The normalized spacial score (nSPS) is 18.6. The van der Waals surface area contributed by atoms with E-state index < -0.39 is 0 Å². The molecule has 2 rings (SSSR count). The molecule has 1 aliphatic rings. The summed E-state index contributed by atoms with van der Waals surface area (Å²) in [6, 6.07) is 5.72. The van der Waals surface area contributed by atoms with Crippen molar-refractivity contribution in [2.24, 2.45) is 5.73 Å². The highest BCUT2D eigenvalue weighted by Crippen LogP contribution is 2.29. The quantitative estimate of drug-likeness (QED) is 0.892. The summed E-state index contributed by atoms with van der Waals surface area (Å²) in [5.41, 5.74) is 7.46. The van der Waals surface area contributed by atoms with Crippen LogP contribution in [-0.2, 0) is 0 Å². The van der Waals surface area contributed by atoms with Gasteiger partial charge in [-0.15, -0.1) is 0 Å². The lowest BCUT2D eigenvalue weighted by molar-refractivity contribution is 0.214. The maximum atomic E-state index is 6.38. The van der Waals surface area contributed by atoms with Crippen molar-refractivity contribution in [1.82, 2.24) is 0 Å². The van der Waals surface area contributed by atoms with Gasteiger partial charge in [-0.2, -0.15) is 0 Å². The Bertz CT molecular complexity index is 399. The van der Waals surface area contributed by atoms with Gasteiger partial charge in [0, 0.05) is 10.6 Å². The first kappa shape index (κ1) is 13.7. The van der Waals surface area contributed by atoms with Gasteiger partial charge in [0.15, 0.2) is 0 Å². The summed E-state index contributed by atoms with van der Waals surface area (Å²) in [4.78, 5) is 0. The number of hydrogen-bond acceptors (Lipinski definition) is 2. The fourth-order valence-corrected chi connectivity index (χ4v) is 2.87. The smallest absolute Gasteiger partial charge is 0.122 e. The van der Waals surface area contributed by atoms with Crippen molar-refractivity contribution in [2.45, 2.75) is 51.0 Å². The topological polar surface area (TPSA) is 35.2 Å². The van der Waals surface area contributed by atoms with Crippen molar-refractivity contribution in [3.63, 3.8) is 0 Å². The molecule has 0 aliphatic heterocycles. The van der Waals surface area contributed by atoms with E-state index >= 15 is 0 Å². The minimum atomic E-state index is -0.00141. The van der Waals surface area contributed by atoms with E-state index in [9.17, 15) is 0 Å². The number of rotatable bonds is 4. The van der Waals surface area contributed by atoms with E-state index in [2.05, 4.69) is 0 Å². The highest BCUT2D eigenvalue weighted by atomic mass is 35.5. The predicted molar refractivity (Wildman–Crippen MR) is 76.3 cm³/mol. The van der Waals surface area contributed by atoms with Crippen molar-refractivity contribution in [3.05, 3.63) is 28.8 Å². The van der Waals surface area contributed by atoms with E-state index in [1.807, 2.05) is 25.1 Å². The van der Waals surface area contributed by atoms with Crippen molar-refractivity contribution in [1.29, 1.82) is 0 Å². The van der Waals surface area contributed by atoms with Gasteiger partial charge in [0.1, 0.15) is 5.75 Å². The van der Waals surface area contributed by atoms with Crippen molar-refractivity contribution in [2.75, 3.05) is 6.61 Å². The number of ether oxygens (including phenoxy) is 1. The van der Waals surface area contributed by atoms with Gasteiger partial charge in [0.05, 0.1) is 6.61 Å². The van der Waals surface area contributed by atoms with Crippen LogP contribution in [0.2, 0.25) is 5.02 Å². The van der Waals surface area contributed by atoms with E-state index in [0.29, 0.717) is 6.61 Å². The van der Waals surface area contributed by atoms with Crippen LogP contribution >= 0.6 is 11.6 Å². The first-order valence-electron chi connectivity index (χ1n) is 6.77. The lowest BCUT2D eigenvalue weighted by Gasteiger charge is -2.33. The van der Waals surface area contributed by atoms with Gasteiger partial charge in [-0.3, -0.25) is 0 Å². The summed E-state index contributed by atoms with van der Waals surface area (Å²) < 4.78 is 5.82. The molecule has 1 aromatic carbocycles. The van der Waals surface area contributed by atoms with E-state index in [-0.39, 0.29) is 5.54 Å². The zero-order chi connectivity index (χ0) is 13.0. The Morgan fingerprint density at radius 1 is 1.28 bits per heavy atom. The Balaban J connectivity index is 1.84. The van der Waals surface area contributed by atoms with Crippen molar-refractivity contribution < 1.29 is 4.74 Å². The number of hydrogen-bond donors (Lipinski definition) is 1. The van der Waals surface area contributed by atoms with Crippen LogP contribution in [0.1, 0.15) is 44.1 Å². The third-order valence-corrected chi connectivity index (χ3v) is 4.08. The molecular formula is C15H22ClNO. The van der Waals surface area contributed by atoms with E-state index in [1.54, 1.807) is 0 Å². The number of halogens is 1. The average molecular weight is 268 g/mol. The van der Waals surface area contributed by atoms with Gasteiger partial charge < -0.3 is 10.5 Å². The third kappa shape index (κ3) is 3.63. The van der Waals surface area contributed by atoms with Gasteiger partial charge in [0.2, 0.25) is 0 Å². The molecular weight excluding hydrogens is 246 g/mol. The van der Waals surface area contributed by atoms with Crippen LogP contribution in [-0.4, -0.2) is 12.1 Å². The van der Waals surface area contributed by atoms with Crippen LogP contribution in [0.4, 0.5) is 0 Å². The second-order valence-electron chi connectivity index (χ2n) is 5.43. The number of benzene rings is 1. The molecule has 1 aliphatic carbocycles. The molecule has 0 unspecified atom stereocenters. The van der Waals surface area contributed by atoms with Gasteiger partial charge in [-0.05, 0) is 49.9 Å². The summed E-state index contributed by atoms with van der Waals surface area (Å²) in [5.74, 6) is 0.916. The summed E-state index contributed by atoms with van der Waals surface area (Å²) in [6.07, 6.45) is 7.06. The molecule has 0 radical (unpaired) electrons. The predicted octanol–water partition coefficient (Wildman–Crippen LogP) is 4.08. The molecule has 1 saturated carbocycles. The van der Waals surface area contributed by atoms with E-state index in [4.69, 9.17) is 22.1 Å². The van der Waals surface area contributed by atoms with Crippen LogP contribution in [0.25, 0.3) is 0 Å². The van der Waals surface area contributed by atoms with E-state index in [0.717, 1.165) is 35.6 Å². The second kappa shape index (κ2) is 5.94. The maximum absolute atomic E-state index is 6.38. The molecule has 0 amide bonds. The standard InChI is InChI=1S/C15H22ClNO/c1-12-11-13(16)5-6-14(12)18-10-9-15(17)7-3-2-4-8-15/h5-6,11H,2-4,7-10,17H2,1H3. The molecule has 100 valence electrons. The van der Waals surface area contributed by atoms with E-state index in [1.165, 1.54) is 19.3 Å². The van der Waals surface area contributed by atoms with Crippen LogP contribution in [0.15, 0.2) is 18.2 Å². The lowest BCUT2D eigenvalue weighted by Crippen LogP contribution is -2.42. The summed E-state index contributed by atoms with van der Waals surface area (Å²) in [6.45, 7) is 2.71. The summed E-state index contributed by atoms with van der Waals surface area (Å²) in [5, 5.41) is 0.752. The fourth-order valence-electron chi connectivity index (χ4n) is 2.64. The number of nitrogens with two attached hydrogens (primary N) is 1. The molecule has 0 heterocycles. The van der Waals surface area contributed by atoms with Crippen molar-refractivity contribution >= 4 is 11.6 Å². The van der Waals surface area contributed by atoms with Crippen LogP contribution in [0, 0.1) is 6.92 Å². The molecule has 2 nitrogen and oxygen atoms in total. The molecule has 0 saturated heterocycles. The summed E-state index contributed by atoms with van der Waals surface area (Å²) >= 11 is 5.92. The largest absolute Gasteiger partial charge is 0.493 e. The highest BCUT2D eigenvalue weighted by molar-refractivity contribution is 6.30. The Labute approximate surface area is 114 Å². The Morgan fingerprint density at radius 2 is 2.00 bits per heavy atom. The first-order valence-corrected chi connectivity index (χ1v) is 7.15. The molecule has 0 aromatic heterocycles. The monoisotopic (exact) mass is 267 g/mol. The van der Waals surface area contributed by atoms with Gasteiger partial charge in [-0.1, -0.05) is 30.9 Å². The minimum Gasteiger partial charge on any atom is -0.493 e. The molecule has 1 aromatic rings. The molecule has 3 heteroatoms. The van der Waals surface area contributed by atoms with Gasteiger partial charge >= 0.3 is 0 Å². The fraction of sp³-hybridized carbons (Fsp3) is 0.600. The SMILES string of the molecule is Cc1cc(Cl)ccc1OCCC1(N)CCCCC1. The Morgan fingerprint density at radius 3 is 2.67 bits per heavy atom. The van der Waals surface area contributed by atoms with Crippen molar-refractivity contribution in [3.8, 4) is 5.75 Å². The van der Waals surface area contributed by atoms with Crippen LogP contribution in [0.3, 0.4) is 0 Å². The van der Waals surface area contributed by atoms with Crippen LogP contribution in [0.5, 0.6) is 5.75 Å². The minimum absolute atomic E-state index is 0.00141.